The zero-order valence-electron chi connectivity index (χ0n) is 19.1. The van der Waals surface area contributed by atoms with E-state index in [2.05, 4.69) is 4.98 Å². The first-order valence-corrected chi connectivity index (χ1v) is 12.3. The highest BCUT2D eigenvalue weighted by Gasteiger charge is 2.43. The fourth-order valence-electron chi connectivity index (χ4n) is 5.70. The lowest BCUT2D eigenvalue weighted by molar-refractivity contribution is 0.0391. The number of amides is 1. The van der Waals surface area contributed by atoms with E-state index in [1.165, 1.54) is 5.56 Å². The van der Waals surface area contributed by atoms with Gasteiger partial charge in [-0.1, -0.05) is 23.2 Å². The zero-order valence-corrected chi connectivity index (χ0v) is 20.6. The van der Waals surface area contributed by atoms with Gasteiger partial charge in [0.15, 0.2) is 11.6 Å². The molecule has 3 aromatic rings. The molecule has 1 amide bonds. The monoisotopic (exact) mass is 497 g/mol. The molecule has 9 heteroatoms. The number of halogens is 2. The van der Waals surface area contributed by atoms with Gasteiger partial charge in [0.25, 0.3) is 5.91 Å². The molecule has 2 bridgehead atoms. The molecular weight excluding hydrogens is 473 g/mol. The lowest BCUT2D eigenvalue weighted by Gasteiger charge is -2.45. The van der Waals surface area contributed by atoms with Crippen LogP contribution in [0.4, 0.5) is 5.82 Å². The number of piperidine rings is 1. The molecule has 0 N–H and O–H groups in total. The summed E-state index contributed by atoms with van der Waals surface area (Å²) in [7, 11) is 3.93. The summed E-state index contributed by atoms with van der Waals surface area (Å²) in [6.07, 6.45) is 5.35. The van der Waals surface area contributed by atoms with Gasteiger partial charge in [-0.05, 0) is 49.9 Å². The lowest BCUT2D eigenvalue weighted by Crippen LogP contribution is -2.50. The first kappa shape index (κ1) is 21.7. The fraction of sp³-hybridized carbons (Fsp3) is 0.400. The molecule has 6 rings (SSSR count). The number of likely N-dealkylation sites (N-methyl/N-ethyl adjacent to an activating group) is 1. The van der Waals surface area contributed by atoms with E-state index in [9.17, 15) is 4.79 Å². The van der Waals surface area contributed by atoms with E-state index in [0.29, 0.717) is 28.0 Å². The Balaban J connectivity index is 1.39. The van der Waals surface area contributed by atoms with Gasteiger partial charge in [0.2, 0.25) is 0 Å². The summed E-state index contributed by atoms with van der Waals surface area (Å²) in [4.78, 5) is 22.4. The second-order valence-corrected chi connectivity index (χ2v) is 10.2. The van der Waals surface area contributed by atoms with Crippen molar-refractivity contribution in [3.05, 3.63) is 57.3 Å². The topological polar surface area (TPSA) is 63.5 Å². The number of nitrogens with zero attached hydrogens (tertiary/aromatic N) is 5. The Morgan fingerprint density at radius 2 is 1.91 bits per heavy atom. The van der Waals surface area contributed by atoms with Crippen LogP contribution in [0.2, 0.25) is 10.0 Å². The van der Waals surface area contributed by atoms with E-state index in [1.54, 1.807) is 12.3 Å². The van der Waals surface area contributed by atoms with Crippen LogP contribution in [0.15, 0.2) is 30.5 Å². The molecule has 7 nitrogen and oxygen atoms in total. The normalized spacial score (nSPS) is 21.1. The maximum atomic E-state index is 13.8. The molecular formula is C25H25Cl2N5O2. The molecule has 5 heterocycles. The van der Waals surface area contributed by atoms with Crippen LogP contribution in [0.3, 0.4) is 0 Å². The SMILES string of the molecule is CN1CCOc2cc(C(=O)N3C4CCCC3c3nn(C)c(-c5cc(Cl)cc(Cl)c5)c3C4)cnc21. The minimum Gasteiger partial charge on any atom is -0.488 e. The van der Waals surface area contributed by atoms with Crippen molar-refractivity contribution in [2.45, 2.75) is 37.8 Å². The van der Waals surface area contributed by atoms with Gasteiger partial charge < -0.3 is 14.5 Å². The Morgan fingerprint density at radius 1 is 1.12 bits per heavy atom. The highest BCUT2D eigenvalue weighted by Crippen LogP contribution is 2.45. The Hall–Kier alpha value is -2.77. The number of rotatable bonds is 2. The van der Waals surface area contributed by atoms with E-state index in [4.69, 9.17) is 33.0 Å². The number of carbonyl (C=O) groups excluding carboxylic acids is 1. The molecule has 34 heavy (non-hydrogen) atoms. The van der Waals surface area contributed by atoms with Gasteiger partial charge in [-0.2, -0.15) is 5.10 Å². The third-order valence-electron chi connectivity index (χ3n) is 7.17. The number of ether oxygens (including phenoxy) is 1. The van der Waals surface area contributed by atoms with Gasteiger partial charge >= 0.3 is 0 Å². The Morgan fingerprint density at radius 3 is 2.71 bits per heavy atom. The number of fused-ring (bicyclic) bond motifs is 5. The molecule has 0 radical (unpaired) electrons. The quantitative estimate of drug-likeness (QED) is 0.503. The number of pyridine rings is 1. The van der Waals surface area contributed by atoms with E-state index >= 15 is 0 Å². The second-order valence-electron chi connectivity index (χ2n) is 9.33. The van der Waals surface area contributed by atoms with Crippen LogP contribution in [-0.4, -0.2) is 51.8 Å². The van der Waals surface area contributed by atoms with Crippen molar-refractivity contribution in [3.8, 4) is 17.0 Å². The minimum absolute atomic E-state index is 0.00882. The number of benzene rings is 1. The largest absolute Gasteiger partial charge is 0.488 e. The fourth-order valence-corrected chi connectivity index (χ4v) is 6.22. The summed E-state index contributed by atoms with van der Waals surface area (Å²) in [5.74, 6) is 1.43. The van der Waals surface area contributed by atoms with Crippen LogP contribution in [0, 0.1) is 0 Å². The number of aromatic nitrogens is 3. The molecule has 0 saturated carbocycles. The van der Waals surface area contributed by atoms with Crippen molar-refractivity contribution < 1.29 is 9.53 Å². The first-order chi connectivity index (χ1) is 16.4. The molecule has 2 atom stereocenters. The minimum atomic E-state index is -0.0655. The molecule has 0 spiro atoms. The molecule has 2 unspecified atom stereocenters. The smallest absolute Gasteiger partial charge is 0.256 e. The molecule has 2 aromatic heterocycles. The maximum Gasteiger partial charge on any atom is 0.256 e. The summed E-state index contributed by atoms with van der Waals surface area (Å²) in [5, 5.41) is 6.09. The number of carbonyl (C=O) groups is 1. The van der Waals surface area contributed by atoms with Gasteiger partial charge in [0.1, 0.15) is 6.61 Å². The second kappa shape index (κ2) is 8.17. The zero-order chi connectivity index (χ0) is 23.6. The predicted octanol–water partition coefficient (Wildman–Crippen LogP) is 4.91. The van der Waals surface area contributed by atoms with Crippen molar-refractivity contribution in [1.29, 1.82) is 0 Å². The van der Waals surface area contributed by atoms with Crippen molar-refractivity contribution in [2.75, 3.05) is 25.1 Å². The van der Waals surface area contributed by atoms with Crippen LogP contribution < -0.4 is 9.64 Å². The number of anilines is 1. The summed E-state index contributed by atoms with van der Waals surface area (Å²) < 4.78 is 7.70. The molecule has 1 saturated heterocycles. The highest BCUT2D eigenvalue weighted by molar-refractivity contribution is 6.35. The van der Waals surface area contributed by atoms with Crippen LogP contribution in [-0.2, 0) is 13.5 Å². The van der Waals surface area contributed by atoms with Crippen LogP contribution in [0.1, 0.15) is 46.9 Å². The summed E-state index contributed by atoms with van der Waals surface area (Å²) >= 11 is 12.6. The summed E-state index contributed by atoms with van der Waals surface area (Å²) in [6, 6.07) is 7.46. The lowest BCUT2D eigenvalue weighted by atomic mass is 9.81. The maximum absolute atomic E-state index is 13.8. The molecule has 176 valence electrons. The van der Waals surface area contributed by atoms with Crippen molar-refractivity contribution in [2.24, 2.45) is 7.05 Å². The van der Waals surface area contributed by atoms with E-state index in [1.807, 2.05) is 46.8 Å². The van der Waals surface area contributed by atoms with Crippen molar-refractivity contribution in [1.82, 2.24) is 19.7 Å². The van der Waals surface area contributed by atoms with Crippen LogP contribution >= 0.6 is 23.2 Å². The molecule has 3 aliphatic heterocycles. The van der Waals surface area contributed by atoms with Gasteiger partial charge in [0.05, 0.1) is 29.5 Å². The van der Waals surface area contributed by atoms with Crippen molar-refractivity contribution >= 4 is 34.9 Å². The van der Waals surface area contributed by atoms with Gasteiger partial charge in [-0.25, -0.2) is 4.98 Å². The number of hydrogen-bond donors (Lipinski definition) is 0. The van der Waals surface area contributed by atoms with E-state index in [0.717, 1.165) is 55.0 Å². The van der Waals surface area contributed by atoms with Crippen molar-refractivity contribution in [3.63, 3.8) is 0 Å². The van der Waals surface area contributed by atoms with Gasteiger partial charge in [-0.15, -0.1) is 0 Å². The number of hydrogen-bond acceptors (Lipinski definition) is 5. The summed E-state index contributed by atoms with van der Waals surface area (Å²) in [5.41, 5.74) is 4.70. The summed E-state index contributed by atoms with van der Waals surface area (Å²) in [6.45, 7) is 1.37. The number of aryl methyl sites for hydroxylation is 1. The Labute approximate surface area is 208 Å². The third kappa shape index (κ3) is 3.45. The average molecular weight is 498 g/mol. The molecule has 3 aliphatic rings. The van der Waals surface area contributed by atoms with Crippen LogP contribution in [0.5, 0.6) is 5.75 Å². The highest BCUT2D eigenvalue weighted by atomic mass is 35.5. The van der Waals surface area contributed by atoms with Gasteiger partial charge in [0, 0.05) is 47.5 Å². The first-order valence-electron chi connectivity index (χ1n) is 11.6. The Bertz CT molecular complexity index is 1290. The predicted molar refractivity (Wildman–Crippen MR) is 132 cm³/mol. The van der Waals surface area contributed by atoms with E-state index < -0.39 is 0 Å². The van der Waals surface area contributed by atoms with Crippen LogP contribution in [0.25, 0.3) is 11.3 Å². The third-order valence-corrected chi connectivity index (χ3v) is 7.61. The molecule has 0 aliphatic carbocycles. The standard InChI is InChI=1S/C25H25Cl2N5O2/c1-30-6-7-34-21-10-15(13-28-24(21)30)25(33)32-18-4-3-5-20(32)22-19(12-18)23(31(2)29-22)14-8-16(26)11-17(27)9-14/h8-11,13,18,20H,3-7,12H2,1-2H3. The Kier molecular flexibility index (Phi) is 5.22. The molecule has 1 fully saturated rings. The average Bonchev–Trinajstić information content (AvgIpc) is 3.13. The van der Waals surface area contributed by atoms with Gasteiger partial charge in [-0.3, -0.25) is 9.48 Å². The van der Waals surface area contributed by atoms with E-state index in [-0.39, 0.29) is 18.0 Å². The molecule has 1 aromatic carbocycles.